The zero-order chi connectivity index (χ0) is 8.81. The first-order valence-electron chi connectivity index (χ1n) is 4.40. The fourth-order valence-corrected chi connectivity index (χ4v) is 2.21. The van der Waals surface area contributed by atoms with Crippen molar-refractivity contribution in [3.8, 4) is 0 Å². The summed E-state index contributed by atoms with van der Waals surface area (Å²) < 4.78 is 5.56. The zero-order valence-electron chi connectivity index (χ0n) is 7.37. The summed E-state index contributed by atoms with van der Waals surface area (Å²) in [5.41, 5.74) is 5.95. The lowest BCUT2D eigenvalue weighted by molar-refractivity contribution is 0.0553. The monoisotopic (exact) mass is 187 g/mol. The number of hydrogen-bond donors (Lipinski definition) is 1. The van der Waals surface area contributed by atoms with E-state index in [1.165, 1.54) is 0 Å². The van der Waals surface area contributed by atoms with E-state index in [1.807, 2.05) is 17.8 Å². The maximum atomic E-state index is 5.95. The molecule has 12 heavy (non-hydrogen) atoms. The van der Waals surface area contributed by atoms with Crippen LogP contribution in [0.15, 0.2) is 12.7 Å². The SMILES string of the molecule is C=CCCC(N)C1CSCCO1. The standard InChI is InChI=1S/C9H17NOS/c1-2-3-4-8(10)9-7-12-6-5-11-9/h2,8-9H,1,3-7,10H2. The predicted molar refractivity (Wildman–Crippen MR) is 54.5 cm³/mol. The van der Waals surface area contributed by atoms with Crippen LogP contribution in [0.1, 0.15) is 12.8 Å². The molecule has 1 rings (SSSR count). The van der Waals surface area contributed by atoms with Gasteiger partial charge in [0.1, 0.15) is 0 Å². The highest BCUT2D eigenvalue weighted by Gasteiger charge is 2.20. The lowest BCUT2D eigenvalue weighted by Gasteiger charge is -2.27. The number of allylic oxidation sites excluding steroid dienone is 1. The molecule has 1 heterocycles. The minimum atomic E-state index is 0.191. The summed E-state index contributed by atoms with van der Waals surface area (Å²) in [5.74, 6) is 2.17. The van der Waals surface area contributed by atoms with E-state index in [9.17, 15) is 0 Å². The van der Waals surface area contributed by atoms with Gasteiger partial charge in [0.25, 0.3) is 0 Å². The Bertz CT molecular complexity index is 134. The van der Waals surface area contributed by atoms with Crippen LogP contribution in [0.25, 0.3) is 0 Å². The molecule has 0 aliphatic carbocycles. The van der Waals surface area contributed by atoms with Crippen molar-refractivity contribution in [3.05, 3.63) is 12.7 Å². The van der Waals surface area contributed by atoms with Crippen molar-refractivity contribution in [2.45, 2.75) is 25.0 Å². The van der Waals surface area contributed by atoms with E-state index in [0.29, 0.717) is 0 Å². The molecule has 0 bridgehead atoms. The molecule has 1 aliphatic rings. The summed E-state index contributed by atoms with van der Waals surface area (Å²) in [6.07, 6.45) is 4.17. The van der Waals surface area contributed by atoms with E-state index in [-0.39, 0.29) is 12.1 Å². The zero-order valence-corrected chi connectivity index (χ0v) is 8.19. The van der Waals surface area contributed by atoms with Crippen LogP contribution in [0.2, 0.25) is 0 Å². The van der Waals surface area contributed by atoms with Gasteiger partial charge in [0.2, 0.25) is 0 Å². The van der Waals surface area contributed by atoms with E-state index < -0.39 is 0 Å². The van der Waals surface area contributed by atoms with Crippen LogP contribution < -0.4 is 5.73 Å². The number of rotatable bonds is 4. The summed E-state index contributed by atoms with van der Waals surface area (Å²) in [4.78, 5) is 0. The molecule has 1 saturated heterocycles. The number of ether oxygens (including phenoxy) is 1. The first kappa shape index (κ1) is 10.1. The van der Waals surface area contributed by atoms with Crippen LogP contribution >= 0.6 is 11.8 Å². The lowest BCUT2D eigenvalue weighted by Crippen LogP contribution is -2.41. The Morgan fingerprint density at radius 2 is 2.58 bits per heavy atom. The summed E-state index contributed by atoms with van der Waals surface area (Å²) in [6.45, 7) is 4.53. The fourth-order valence-electron chi connectivity index (χ4n) is 1.25. The second kappa shape index (κ2) is 5.62. The van der Waals surface area contributed by atoms with Gasteiger partial charge >= 0.3 is 0 Å². The van der Waals surface area contributed by atoms with E-state index >= 15 is 0 Å². The second-order valence-electron chi connectivity index (χ2n) is 3.01. The number of thioether (sulfide) groups is 1. The maximum Gasteiger partial charge on any atom is 0.0816 e. The molecule has 2 N–H and O–H groups in total. The Morgan fingerprint density at radius 1 is 1.75 bits per heavy atom. The highest BCUT2D eigenvalue weighted by Crippen LogP contribution is 2.16. The van der Waals surface area contributed by atoms with Crippen molar-refractivity contribution < 1.29 is 4.74 Å². The molecule has 0 aromatic carbocycles. The van der Waals surface area contributed by atoms with Crippen LogP contribution in [0.5, 0.6) is 0 Å². The van der Waals surface area contributed by atoms with Gasteiger partial charge in [0.15, 0.2) is 0 Å². The van der Waals surface area contributed by atoms with Gasteiger partial charge in [-0.2, -0.15) is 11.8 Å². The molecule has 70 valence electrons. The summed E-state index contributed by atoms with van der Waals surface area (Å²) in [6, 6.07) is 0.191. The smallest absolute Gasteiger partial charge is 0.0816 e. The first-order valence-corrected chi connectivity index (χ1v) is 5.56. The van der Waals surface area contributed by atoms with Crippen molar-refractivity contribution in [2.24, 2.45) is 5.73 Å². The summed E-state index contributed by atoms with van der Waals surface area (Å²) in [5, 5.41) is 0. The average molecular weight is 187 g/mol. The highest BCUT2D eigenvalue weighted by molar-refractivity contribution is 7.99. The average Bonchev–Trinajstić information content (AvgIpc) is 2.15. The van der Waals surface area contributed by atoms with E-state index in [1.54, 1.807) is 0 Å². The van der Waals surface area contributed by atoms with Gasteiger partial charge in [-0.3, -0.25) is 0 Å². The van der Waals surface area contributed by atoms with Gasteiger partial charge in [-0.1, -0.05) is 6.08 Å². The predicted octanol–water partition coefficient (Wildman–Crippen LogP) is 1.41. The third-order valence-electron chi connectivity index (χ3n) is 2.02. The van der Waals surface area contributed by atoms with Crippen molar-refractivity contribution in [3.63, 3.8) is 0 Å². The summed E-state index contributed by atoms with van der Waals surface area (Å²) in [7, 11) is 0. The topological polar surface area (TPSA) is 35.2 Å². The van der Waals surface area contributed by atoms with E-state index in [0.717, 1.165) is 31.0 Å². The Kier molecular flexibility index (Phi) is 4.73. The molecule has 3 heteroatoms. The molecular weight excluding hydrogens is 170 g/mol. The molecule has 2 unspecified atom stereocenters. The molecule has 1 aliphatic heterocycles. The van der Waals surface area contributed by atoms with Crippen molar-refractivity contribution in [2.75, 3.05) is 18.1 Å². The molecule has 0 amide bonds. The Hall–Kier alpha value is 0.01000. The van der Waals surface area contributed by atoms with Gasteiger partial charge < -0.3 is 10.5 Å². The molecule has 0 saturated carbocycles. The first-order chi connectivity index (χ1) is 5.84. The van der Waals surface area contributed by atoms with Crippen LogP contribution in [-0.2, 0) is 4.74 Å². The Balaban J connectivity index is 2.19. The van der Waals surface area contributed by atoms with Crippen LogP contribution in [-0.4, -0.2) is 30.3 Å². The summed E-state index contributed by atoms with van der Waals surface area (Å²) >= 11 is 1.93. The maximum absolute atomic E-state index is 5.95. The van der Waals surface area contributed by atoms with Gasteiger partial charge in [0.05, 0.1) is 12.7 Å². The third-order valence-corrected chi connectivity index (χ3v) is 3.04. The number of nitrogens with two attached hydrogens (primary N) is 1. The number of hydrogen-bond acceptors (Lipinski definition) is 3. The van der Waals surface area contributed by atoms with Gasteiger partial charge in [0, 0.05) is 17.5 Å². The second-order valence-corrected chi connectivity index (χ2v) is 4.16. The van der Waals surface area contributed by atoms with Crippen LogP contribution in [0, 0.1) is 0 Å². The van der Waals surface area contributed by atoms with Gasteiger partial charge in [-0.25, -0.2) is 0 Å². The quantitative estimate of drug-likeness (QED) is 0.676. The molecule has 0 radical (unpaired) electrons. The molecule has 2 atom stereocenters. The Labute approximate surface area is 78.5 Å². The van der Waals surface area contributed by atoms with Crippen molar-refractivity contribution in [1.29, 1.82) is 0 Å². The highest BCUT2D eigenvalue weighted by atomic mass is 32.2. The van der Waals surface area contributed by atoms with Crippen molar-refractivity contribution >= 4 is 11.8 Å². The van der Waals surface area contributed by atoms with Gasteiger partial charge in [-0.05, 0) is 12.8 Å². The van der Waals surface area contributed by atoms with Gasteiger partial charge in [-0.15, -0.1) is 6.58 Å². The Morgan fingerprint density at radius 3 is 3.17 bits per heavy atom. The van der Waals surface area contributed by atoms with E-state index in [2.05, 4.69) is 6.58 Å². The molecule has 0 aromatic heterocycles. The largest absolute Gasteiger partial charge is 0.375 e. The van der Waals surface area contributed by atoms with Crippen LogP contribution in [0.3, 0.4) is 0 Å². The van der Waals surface area contributed by atoms with E-state index in [4.69, 9.17) is 10.5 Å². The third kappa shape index (κ3) is 3.17. The van der Waals surface area contributed by atoms with Crippen molar-refractivity contribution in [1.82, 2.24) is 0 Å². The lowest BCUT2D eigenvalue weighted by atomic mass is 10.1. The normalized spacial score (nSPS) is 26.6. The molecule has 0 spiro atoms. The minimum absolute atomic E-state index is 0.191. The molecular formula is C9H17NOS. The fraction of sp³-hybridized carbons (Fsp3) is 0.778. The minimum Gasteiger partial charge on any atom is -0.375 e. The molecule has 0 aromatic rings. The van der Waals surface area contributed by atoms with Crippen LogP contribution in [0.4, 0.5) is 0 Å². The molecule has 1 fully saturated rings. The molecule has 2 nitrogen and oxygen atoms in total.